The molecule has 4 heteroatoms. The van der Waals surface area contributed by atoms with Crippen LogP contribution in [0.1, 0.15) is 43.5 Å². The minimum absolute atomic E-state index is 0.256. The Balaban J connectivity index is 2.23. The van der Waals surface area contributed by atoms with Gasteiger partial charge in [0.2, 0.25) is 5.91 Å². The first-order valence-corrected chi connectivity index (χ1v) is 6.64. The fourth-order valence-electron chi connectivity index (χ4n) is 2.57. The molecule has 0 spiro atoms. The molecule has 3 N–H and O–H groups in total. The van der Waals surface area contributed by atoms with Gasteiger partial charge in [0.25, 0.3) is 0 Å². The smallest absolute Gasteiger partial charge is 0.248 e. The van der Waals surface area contributed by atoms with Crippen LogP contribution in [-0.2, 0) is 0 Å². The molecule has 0 bridgehead atoms. The van der Waals surface area contributed by atoms with Gasteiger partial charge in [-0.2, -0.15) is 0 Å². The fraction of sp³-hybridized carbons (Fsp3) is 0.500. The van der Waals surface area contributed by atoms with Crippen molar-refractivity contribution in [2.45, 2.75) is 39.2 Å². The lowest BCUT2D eigenvalue weighted by Crippen LogP contribution is -2.31. The highest BCUT2D eigenvalue weighted by molar-refractivity contribution is 6.33. The van der Waals surface area contributed by atoms with Crippen LogP contribution in [-0.4, -0.2) is 11.9 Å². The molecule has 0 radical (unpaired) electrons. The van der Waals surface area contributed by atoms with Crippen LogP contribution in [0.2, 0.25) is 5.02 Å². The maximum Gasteiger partial charge on any atom is 0.248 e. The summed E-state index contributed by atoms with van der Waals surface area (Å²) in [6.45, 7) is 4.51. The summed E-state index contributed by atoms with van der Waals surface area (Å²) < 4.78 is 0. The summed E-state index contributed by atoms with van der Waals surface area (Å²) in [7, 11) is 0. The first-order chi connectivity index (χ1) is 8.40. The van der Waals surface area contributed by atoms with E-state index < -0.39 is 5.91 Å². The van der Waals surface area contributed by atoms with Gasteiger partial charge in [0.1, 0.15) is 0 Å². The molecule has 1 aliphatic rings. The van der Waals surface area contributed by atoms with E-state index in [2.05, 4.69) is 19.2 Å². The van der Waals surface area contributed by atoms with Gasteiger partial charge in [-0.15, -0.1) is 0 Å². The van der Waals surface area contributed by atoms with Crippen molar-refractivity contribution >= 4 is 23.2 Å². The molecule has 0 aliphatic heterocycles. The first kappa shape index (κ1) is 13.2. The number of hydrogen-bond donors (Lipinski definition) is 2. The maximum atomic E-state index is 11.2. The predicted molar refractivity (Wildman–Crippen MR) is 75.0 cm³/mol. The average molecular weight is 267 g/mol. The van der Waals surface area contributed by atoms with Crippen molar-refractivity contribution < 1.29 is 4.79 Å². The van der Waals surface area contributed by atoms with E-state index in [-0.39, 0.29) is 5.41 Å². The monoisotopic (exact) mass is 266 g/mol. The number of carbonyl (C=O) groups is 1. The number of halogens is 1. The van der Waals surface area contributed by atoms with Gasteiger partial charge in [0.15, 0.2) is 0 Å². The van der Waals surface area contributed by atoms with Crippen molar-refractivity contribution in [2.24, 2.45) is 11.1 Å². The van der Waals surface area contributed by atoms with Gasteiger partial charge in [0, 0.05) is 11.6 Å². The Morgan fingerprint density at radius 1 is 1.50 bits per heavy atom. The molecule has 1 saturated carbocycles. The van der Waals surface area contributed by atoms with Crippen LogP contribution in [0.15, 0.2) is 18.2 Å². The molecule has 98 valence electrons. The summed E-state index contributed by atoms with van der Waals surface area (Å²) in [4.78, 5) is 11.2. The summed E-state index contributed by atoms with van der Waals surface area (Å²) >= 11 is 6.16. The normalized spacial score (nSPS) is 21.8. The lowest BCUT2D eigenvalue weighted by molar-refractivity contribution is 0.100. The summed E-state index contributed by atoms with van der Waals surface area (Å²) in [5.74, 6) is -0.430. The Morgan fingerprint density at radius 3 is 2.78 bits per heavy atom. The molecule has 0 heterocycles. The van der Waals surface area contributed by atoms with Crippen LogP contribution < -0.4 is 11.1 Å². The number of carbonyl (C=O) groups excluding carboxylic acids is 1. The second-order valence-corrected chi connectivity index (χ2v) is 6.04. The molecule has 0 saturated heterocycles. The van der Waals surface area contributed by atoms with E-state index in [1.54, 1.807) is 18.2 Å². The zero-order valence-corrected chi connectivity index (χ0v) is 11.6. The van der Waals surface area contributed by atoms with E-state index in [1.807, 2.05) is 0 Å². The zero-order valence-electron chi connectivity index (χ0n) is 10.8. The average Bonchev–Trinajstić information content (AvgIpc) is 2.61. The molecule has 1 fully saturated rings. The Hall–Kier alpha value is -1.22. The van der Waals surface area contributed by atoms with Crippen LogP contribution in [0.25, 0.3) is 0 Å². The standard InChI is InChI=1S/C14H19ClN2O/c1-14(2)7-3-4-12(14)17-11-8-9(13(16)18)5-6-10(11)15/h5-6,8,12,17H,3-4,7H2,1-2H3,(H2,16,18). The van der Waals surface area contributed by atoms with Gasteiger partial charge in [-0.3, -0.25) is 4.79 Å². The van der Waals surface area contributed by atoms with Gasteiger partial charge < -0.3 is 11.1 Å². The molecule has 2 rings (SSSR count). The van der Waals surface area contributed by atoms with Crippen molar-refractivity contribution in [1.82, 2.24) is 0 Å². The lowest BCUT2D eigenvalue weighted by Gasteiger charge is -2.29. The highest BCUT2D eigenvalue weighted by atomic mass is 35.5. The minimum Gasteiger partial charge on any atom is -0.381 e. The van der Waals surface area contributed by atoms with Crippen molar-refractivity contribution in [3.63, 3.8) is 0 Å². The third-order valence-electron chi connectivity index (χ3n) is 3.84. The van der Waals surface area contributed by atoms with Crippen LogP contribution in [0.4, 0.5) is 5.69 Å². The van der Waals surface area contributed by atoms with Gasteiger partial charge in [-0.05, 0) is 36.5 Å². The molecule has 1 amide bonds. The van der Waals surface area contributed by atoms with Gasteiger partial charge in [0.05, 0.1) is 10.7 Å². The van der Waals surface area contributed by atoms with Crippen molar-refractivity contribution in [3.05, 3.63) is 28.8 Å². The van der Waals surface area contributed by atoms with E-state index >= 15 is 0 Å². The van der Waals surface area contributed by atoms with Crippen molar-refractivity contribution in [2.75, 3.05) is 5.32 Å². The molecule has 1 aromatic rings. The Labute approximate surface area is 113 Å². The number of anilines is 1. The van der Waals surface area contributed by atoms with Crippen LogP contribution in [0.3, 0.4) is 0 Å². The van der Waals surface area contributed by atoms with E-state index in [4.69, 9.17) is 17.3 Å². The number of amides is 1. The third-order valence-corrected chi connectivity index (χ3v) is 4.17. The van der Waals surface area contributed by atoms with E-state index in [0.717, 1.165) is 12.1 Å². The highest BCUT2D eigenvalue weighted by Gasteiger charge is 2.34. The Kier molecular flexibility index (Phi) is 3.53. The molecule has 18 heavy (non-hydrogen) atoms. The van der Waals surface area contributed by atoms with Crippen LogP contribution >= 0.6 is 11.6 Å². The lowest BCUT2D eigenvalue weighted by atomic mass is 9.87. The first-order valence-electron chi connectivity index (χ1n) is 6.26. The maximum absolute atomic E-state index is 11.2. The van der Waals surface area contributed by atoms with Crippen molar-refractivity contribution in [3.8, 4) is 0 Å². The second-order valence-electron chi connectivity index (χ2n) is 5.64. The second kappa shape index (κ2) is 4.81. The molecule has 0 aromatic heterocycles. The quantitative estimate of drug-likeness (QED) is 0.881. The van der Waals surface area contributed by atoms with Crippen LogP contribution in [0, 0.1) is 5.41 Å². The van der Waals surface area contributed by atoms with Gasteiger partial charge in [-0.1, -0.05) is 31.9 Å². The molecular formula is C14H19ClN2O. The summed E-state index contributed by atoms with van der Waals surface area (Å²) in [5, 5.41) is 4.08. The molecule has 1 aliphatic carbocycles. The van der Waals surface area contributed by atoms with Gasteiger partial charge >= 0.3 is 0 Å². The molecule has 1 aromatic carbocycles. The molecule has 1 atom stereocenters. The zero-order chi connectivity index (χ0) is 13.3. The number of nitrogens with one attached hydrogen (secondary N) is 1. The molecule has 3 nitrogen and oxygen atoms in total. The molecular weight excluding hydrogens is 248 g/mol. The van der Waals surface area contributed by atoms with E-state index in [9.17, 15) is 4.79 Å². The number of rotatable bonds is 3. The summed E-state index contributed by atoms with van der Waals surface area (Å²) in [5.41, 5.74) is 6.82. The predicted octanol–water partition coefficient (Wildman–Crippen LogP) is 3.43. The van der Waals surface area contributed by atoms with E-state index in [0.29, 0.717) is 16.6 Å². The topological polar surface area (TPSA) is 55.1 Å². The van der Waals surface area contributed by atoms with Crippen molar-refractivity contribution in [1.29, 1.82) is 0 Å². The number of primary amides is 1. The number of nitrogens with two attached hydrogens (primary N) is 1. The fourth-order valence-corrected chi connectivity index (χ4v) is 2.74. The largest absolute Gasteiger partial charge is 0.381 e. The number of benzene rings is 1. The SMILES string of the molecule is CC1(C)CCCC1Nc1cc(C(N)=O)ccc1Cl. The Bertz CT molecular complexity index is 471. The van der Waals surface area contributed by atoms with Crippen LogP contribution in [0.5, 0.6) is 0 Å². The highest BCUT2D eigenvalue weighted by Crippen LogP contribution is 2.40. The van der Waals surface area contributed by atoms with Gasteiger partial charge in [-0.25, -0.2) is 0 Å². The third kappa shape index (κ3) is 2.61. The summed E-state index contributed by atoms with van der Waals surface area (Å²) in [6, 6.07) is 5.49. The summed E-state index contributed by atoms with van der Waals surface area (Å²) in [6.07, 6.45) is 3.56. The number of hydrogen-bond acceptors (Lipinski definition) is 2. The Morgan fingerprint density at radius 2 is 2.22 bits per heavy atom. The molecule has 1 unspecified atom stereocenters. The minimum atomic E-state index is -0.430. The van der Waals surface area contributed by atoms with E-state index in [1.165, 1.54) is 12.8 Å².